The molecule has 11 heteroatoms. The Labute approximate surface area is 188 Å². The van der Waals surface area contributed by atoms with E-state index in [0.717, 1.165) is 12.1 Å². The third-order valence-electron chi connectivity index (χ3n) is 5.28. The van der Waals surface area contributed by atoms with Crippen LogP contribution in [0.3, 0.4) is 0 Å². The molecule has 8 nitrogen and oxygen atoms in total. The van der Waals surface area contributed by atoms with Crippen molar-refractivity contribution in [3.8, 4) is 11.5 Å². The fourth-order valence-electron chi connectivity index (χ4n) is 3.50. The van der Waals surface area contributed by atoms with Crippen LogP contribution < -0.4 is 14.4 Å². The van der Waals surface area contributed by atoms with Gasteiger partial charge in [0, 0.05) is 50.0 Å². The van der Waals surface area contributed by atoms with Gasteiger partial charge in [0.15, 0.2) is 0 Å². The van der Waals surface area contributed by atoms with Crippen LogP contribution >= 0.6 is 0 Å². The summed E-state index contributed by atoms with van der Waals surface area (Å²) >= 11 is 0. The number of ether oxygens (including phenoxy) is 2. The van der Waals surface area contributed by atoms with Crippen molar-refractivity contribution in [3.05, 3.63) is 63.7 Å². The molecule has 1 aliphatic rings. The number of alkyl halides is 3. The van der Waals surface area contributed by atoms with Crippen molar-refractivity contribution in [2.75, 3.05) is 45.3 Å². The number of rotatable bonds is 6. The molecule has 0 saturated carbocycles. The SMILES string of the molecule is COc1ccc(/C=C/C(=O)N2CCN(c3ccc(C(F)(F)F)cc3[N+](=O)[O-])CC2)c(OC)c1. The number of amides is 1. The standard InChI is InChI=1S/C22H22F3N3O5/c1-32-17-6-3-15(20(14-17)33-2)4-8-21(29)27-11-9-26(10-12-27)18-7-5-16(22(23,24)25)13-19(18)28(30)31/h3-8,13-14H,9-12H2,1-2H3/b8-4+. The van der Waals surface area contributed by atoms with E-state index in [2.05, 4.69) is 0 Å². The molecule has 0 aromatic heterocycles. The lowest BCUT2D eigenvalue weighted by molar-refractivity contribution is -0.384. The van der Waals surface area contributed by atoms with Crippen LogP contribution in [0.1, 0.15) is 11.1 Å². The lowest BCUT2D eigenvalue weighted by Crippen LogP contribution is -2.48. The Morgan fingerprint density at radius 2 is 1.76 bits per heavy atom. The van der Waals surface area contributed by atoms with E-state index in [-0.39, 0.29) is 37.8 Å². The molecule has 0 atom stereocenters. The Kier molecular flexibility index (Phi) is 7.10. The van der Waals surface area contributed by atoms with E-state index >= 15 is 0 Å². The van der Waals surface area contributed by atoms with Gasteiger partial charge >= 0.3 is 6.18 Å². The summed E-state index contributed by atoms with van der Waals surface area (Å²) in [6, 6.07) is 7.66. The predicted molar refractivity (Wildman–Crippen MR) is 115 cm³/mol. The quantitative estimate of drug-likeness (QED) is 0.364. The Hall–Kier alpha value is -3.76. The number of nitro benzene ring substituents is 1. The molecule has 1 heterocycles. The van der Waals surface area contributed by atoms with Crippen molar-refractivity contribution in [3.63, 3.8) is 0 Å². The van der Waals surface area contributed by atoms with E-state index < -0.39 is 22.4 Å². The molecular formula is C22H22F3N3O5. The van der Waals surface area contributed by atoms with E-state index in [9.17, 15) is 28.1 Å². The topological polar surface area (TPSA) is 85.2 Å². The molecule has 1 amide bonds. The highest BCUT2D eigenvalue weighted by Crippen LogP contribution is 2.36. The summed E-state index contributed by atoms with van der Waals surface area (Å²) in [5.41, 5.74) is -0.911. The number of anilines is 1. The van der Waals surface area contributed by atoms with E-state index in [1.54, 1.807) is 34.1 Å². The monoisotopic (exact) mass is 465 g/mol. The first-order chi connectivity index (χ1) is 15.6. The second-order valence-electron chi connectivity index (χ2n) is 7.21. The second kappa shape index (κ2) is 9.80. The van der Waals surface area contributed by atoms with E-state index in [4.69, 9.17) is 9.47 Å². The summed E-state index contributed by atoms with van der Waals surface area (Å²) in [7, 11) is 3.04. The van der Waals surface area contributed by atoms with Crippen LogP contribution in [0.2, 0.25) is 0 Å². The first kappa shape index (κ1) is 23.9. The van der Waals surface area contributed by atoms with Crippen molar-refractivity contribution in [1.82, 2.24) is 4.90 Å². The number of nitro groups is 1. The molecule has 1 fully saturated rings. The maximum atomic E-state index is 12.9. The molecule has 0 N–H and O–H groups in total. The zero-order chi connectivity index (χ0) is 24.2. The molecule has 0 bridgehead atoms. The van der Waals surface area contributed by atoms with E-state index in [1.807, 2.05) is 0 Å². The lowest BCUT2D eigenvalue weighted by Gasteiger charge is -2.35. The van der Waals surface area contributed by atoms with Crippen LogP contribution in [0.5, 0.6) is 11.5 Å². The number of nitrogens with zero attached hydrogens (tertiary/aromatic N) is 3. The summed E-state index contributed by atoms with van der Waals surface area (Å²) in [4.78, 5) is 26.3. The molecule has 2 aromatic carbocycles. The number of hydrogen-bond donors (Lipinski definition) is 0. The average Bonchev–Trinajstić information content (AvgIpc) is 2.81. The van der Waals surface area contributed by atoms with Gasteiger partial charge in [-0.1, -0.05) is 0 Å². The zero-order valence-electron chi connectivity index (χ0n) is 18.0. The number of carbonyl (C=O) groups is 1. The molecule has 2 aromatic rings. The summed E-state index contributed by atoms with van der Waals surface area (Å²) < 4.78 is 49.2. The Bertz CT molecular complexity index is 1060. The maximum Gasteiger partial charge on any atom is 0.416 e. The highest BCUT2D eigenvalue weighted by atomic mass is 19.4. The van der Waals surface area contributed by atoms with Gasteiger partial charge in [-0.3, -0.25) is 14.9 Å². The van der Waals surface area contributed by atoms with Gasteiger partial charge in [0.05, 0.1) is 24.7 Å². The number of benzene rings is 2. The van der Waals surface area contributed by atoms with Crippen LogP contribution in [0.15, 0.2) is 42.5 Å². The second-order valence-corrected chi connectivity index (χ2v) is 7.21. The van der Waals surface area contributed by atoms with Gasteiger partial charge in [-0.25, -0.2) is 0 Å². The number of piperazine rings is 1. The molecule has 0 aliphatic carbocycles. The van der Waals surface area contributed by atoms with E-state index in [0.29, 0.717) is 23.1 Å². The van der Waals surface area contributed by atoms with E-state index in [1.165, 1.54) is 20.3 Å². The molecule has 0 unspecified atom stereocenters. The fourth-order valence-corrected chi connectivity index (χ4v) is 3.50. The van der Waals surface area contributed by atoms with Gasteiger partial charge in [0.25, 0.3) is 5.69 Å². The third kappa shape index (κ3) is 5.54. The molecule has 0 radical (unpaired) electrons. The first-order valence-electron chi connectivity index (χ1n) is 9.93. The minimum atomic E-state index is -4.67. The summed E-state index contributed by atoms with van der Waals surface area (Å²) in [5, 5.41) is 11.3. The molecule has 0 spiro atoms. The van der Waals surface area contributed by atoms with Gasteiger partial charge in [-0.05, 0) is 30.3 Å². The highest BCUT2D eigenvalue weighted by Gasteiger charge is 2.34. The number of carbonyl (C=O) groups excluding carboxylic acids is 1. The minimum Gasteiger partial charge on any atom is -0.497 e. The fraction of sp³-hybridized carbons (Fsp3) is 0.318. The van der Waals surface area contributed by atoms with Gasteiger partial charge in [0.2, 0.25) is 5.91 Å². The van der Waals surface area contributed by atoms with Crippen LogP contribution in [-0.2, 0) is 11.0 Å². The summed E-state index contributed by atoms with van der Waals surface area (Å²) in [6.07, 6.45) is -1.65. The van der Waals surface area contributed by atoms with Crippen LogP contribution in [0.25, 0.3) is 6.08 Å². The van der Waals surface area contributed by atoms with Gasteiger partial charge in [-0.2, -0.15) is 13.2 Å². The zero-order valence-corrected chi connectivity index (χ0v) is 18.0. The Morgan fingerprint density at radius 3 is 2.33 bits per heavy atom. The van der Waals surface area contributed by atoms with Crippen LogP contribution in [-0.4, -0.2) is 56.1 Å². The largest absolute Gasteiger partial charge is 0.497 e. The number of halogens is 3. The normalized spacial score (nSPS) is 14.5. The van der Waals surface area contributed by atoms with Crippen molar-refractivity contribution in [1.29, 1.82) is 0 Å². The Balaban J connectivity index is 1.68. The molecule has 1 aliphatic heterocycles. The van der Waals surface area contributed by atoms with Crippen molar-refractivity contribution in [2.45, 2.75) is 6.18 Å². The molecule has 1 saturated heterocycles. The van der Waals surface area contributed by atoms with Gasteiger partial charge < -0.3 is 19.3 Å². The number of hydrogen-bond acceptors (Lipinski definition) is 6. The minimum absolute atomic E-state index is 0.0959. The van der Waals surface area contributed by atoms with Crippen molar-refractivity contribution in [2.24, 2.45) is 0 Å². The first-order valence-corrected chi connectivity index (χ1v) is 9.93. The summed E-state index contributed by atoms with van der Waals surface area (Å²) in [6.45, 7) is 1.03. The Morgan fingerprint density at radius 1 is 1.06 bits per heavy atom. The van der Waals surface area contributed by atoms with Gasteiger partial charge in [-0.15, -0.1) is 0 Å². The number of methoxy groups -OCH3 is 2. The van der Waals surface area contributed by atoms with Crippen molar-refractivity contribution >= 4 is 23.4 Å². The van der Waals surface area contributed by atoms with Crippen LogP contribution in [0, 0.1) is 10.1 Å². The third-order valence-corrected chi connectivity index (χ3v) is 5.28. The van der Waals surface area contributed by atoms with Crippen LogP contribution in [0.4, 0.5) is 24.5 Å². The summed E-state index contributed by atoms with van der Waals surface area (Å²) in [5.74, 6) is 0.899. The molecule has 3 rings (SSSR count). The molecule has 176 valence electrons. The average molecular weight is 465 g/mol. The smallest absolute Gasteiger partial charge is 0.416 e. The predicted octanol–water partition coefficient (Wildman–Crippen LogP) is 3.99. The van der Waals surface area contributed by atoms with Gasteiger partial charge in [0.1, 0.15) is 17.2 Å². The lowest BCUT2D eigenvalue weighted by atomic mass is 10.1. The molecule has 33 heavy (non-hydrogen) atoms. The highest BCUT2D eigenvalue weighted by molar-refractivity contribution is 5.92. The maximum absolute atomic E-state index is 12.9. The molecular weight excluding hydrogens is 443 g/mol. The van der Waals surface area contributed by atoms with Crippen molar-refractivity contribution < 1.29 is 32.4 Å².